The van der Waals surface area contributed by atoms with Crippen LogP contribution in [-0.4, -0.2) is 40.3 Å². The van der Waals surface area contributed by atoms with Crippen LogP contribution in [0.15, 0.2) is 48.5 Å². The van der Waals surface area contributed by atoms with Crippen molar-refractivity contribution in [1.29, 1.82) is 0 Å². The van der Waals surface area contributed by atoms with Crippen molar-refractivity contribution in [1.82, 2.24) is 0 Å². The number of rotatable bonds is 11. The van der Waals surface area contributed by atoms with Gasteiger partial charge in [-0.2, -0.15) is 0 Å². The van der Waals surface area contributed by atoms with Crippen molar-refractivity contribution in [3.05, 3.63) is 59.7 Å². The van der Waals surface area contributed by atoms with Gasteiger partial charge < -0.3 is 23.4 Å². The normalized spacial score (nSPS) is 22.7. The van der Waals surface area contributed by atoms with E-state index >= 15 is 0 Å². The van der Waals surface area contributed by atoms with E-state index in [-0.39, 0.29) is 17.4 Å². The van der Waals surface area contributed by atoms with Gasteiger partial charge in [-0.15, -0.1) is 0 Å². The molecule has 5 nitrogen and oxygen atoms in total. The number of hydrogen-bond donors (Lipinski definition) is 0. The van der Waals surface area contributed by atoms with Gasteiger partial charge in [0.05, 0.1) is 25.4 Å². The molecule has 0 amide bonds. The molecular weight excluding hydrogens is 480 g/mol. The molecule has 0 aliphatic carbocycles. The summed E-state index contributed by atoms with van der Waals surface area (Å²) in [4.78, 5) is 0. The van der Waals surface area contributed by atoms with E-state index in [1.54, 1.807) is 0 Å². The maximum Gasteiger partial charge on any atom is 0.250 e. The number of hydrogen-bond acceptors (Lipinski definition) is 5. The molecule has 0 radical (unpaired) electrons. The number of benzene rings is 2. The Morgan fingerprint density at radius 2 is 1.59 bits per heavy atom. The molecule has 4 rings (SSSR count). The first kappa shape index (κ1) is 28.2. The smallest absolute Gasteiger partial charge is 0.250 e. The largest absolute Gasteiger partial charge is 0.544 e. The van der Waals surface area contributed by atoms with Crippen molar-refractivity contribution in [3.8, 4) is 11.5 Å². The van der Waals surface area contributed by atoms with Crippen LogP contribution in [0.5, 0.6) is 11.5 Å². The molecule has 0 bridgehead atoms. The lowest BCUT2D eigenvalue weighted by molar-refractivity contribution is -0.0616. The zero-order chi connectivity index (χ0) is 26.3. The summed E-state index contributed by atoms with van der Waals surface area (Å²) in [7, 11) is -1.84. The van der Waals surface area contributed by atoms with E-state index < -0.39 is 8.32 Å². The molecule has 2 aromatic rings. The van der Waals surface area contributed by atoms with Crippen molar-refractivity contribution >= 4 is 8.32 Å². The first-order valence-corrected chi connectivity index (χ1v) is 17.0. The molecule has 0 spiro atoms. The lowest BCUT2D eigenvalue weighted by Gasteiger charge is -2.36. The van der Waals surface area contributed by atoms with E-state index in [1.807, 2.05) is 12.1 Å². The summed E-state index contributed by atoms with van der Waals surface area (Å²) in [5.74, 6) is 1.85. The molecule has 0 saturated carbocycles. The molecule has 2 aliphatic heterocycles. The van der Waals surface area contributed by atoms with Crippen LogP contribution in [0.4, 0.5) is 0 Å². The summed E-state index contributed by atoms with van der Waals surface area (Å²) in [6, 6.07) is 16.7. The maximum absolute atomic E-state index is 6.39. The molecule has 2 aromatic carbocycles. The van der Waals surface area contributed by atoms with Gasteiger partial charge in [-0.3, -0.25) is 0 Å². The lowest BCUT2D eigenvalue weighted by Crippen LogP contribution is -2.43. The molecule has 0 N–H and O–H groups in total. The van der Waals surface area contributed by atoms with E-state index in [0.29, 0.717) is 19.3 Å². The predicted octanol–water partition coefficient (Wildman–Crippen LogP) is 7.85. The zero-order valence-electron chi connectivity index (χ0n) is 23.5. The monoisotopic (exact) mass is 526 g/mol. The fraction of sp³-hybridized carbons (Fsp3) is 0.613. The molecular formula is C31H46O5Si. The molecule has 6 heteroatoms. The Bertz CT molecular complexity index is 945. The highest BCUT2D eigenvalue weighted by atomic mass is 28.4. The van der Waals surface area contributed by atoms with Crippen LogP contribution in [-0.2, 0) is 20.6 Å². The van der Waals surface area contributed by atoms with Gasteiger partial charge in [0.1, 0.15) is 11.5 Å². The Morgan fingerprint density at radius 3 is 2.27 bits per heavy atom. The average Bonchev–Trinajstić information content (AvgIpc) is 3.35. The van der Waals surface area contributed by atoms with Crippen LogP contribution < -0.4 is 9.16 Å². The van der Waals surface area contributed by atoms with E-state index in [1.165, 1.54) is 24.8 Å². The fourth-order valence-corrected chi connectivity index (χ4v) is 5.56. The van der Waals surface area contributed by atoms with E-state index in [0.717, 1.165) is 49.4 Å². The summed E-state index contributed by atoms with van der Waals surface area (Å²) in [5, 5.41) is 0.174. The minimum atomic E-state index is -1.84. The quantitative estimate of drug-likeness (QED) is 0.220. The first-order valence-electron chi connectivity index (χ1n) is 14.1. The van der Waals surface area contributed by atoms with Crippen molar-refractivity contribution in [3.63, 3.8) is 0 Å². The molecule has 3 atom stereocenters. The van der Waals surface area contributed by atoms with Crippen molar-refractivity contribution < 1.29 is 23.4 Å². The third kappa shape index (κ3) is 8.31. The molecule has 2 saturated heterocycles. The second-order valence-corrected chi connectivity index (χ2v) is 16.7. The molecule has 0 aromatic heterocycles. The second-order valence-electron chi connectivity index (χ2n) is 12.0. The van der Waals surface area contributed by atoms with E-state index in [9.17, 15) is 0 Å². The van der Waals surface area contributed by atoms with Crippen molar-refractivity contribution in [2.75, 3.05) is 19.8 Å². The van der Waals surface area contributed by atoms with E-state index in [4.69, 9.17) is 23.4 Å². The third-order valence-corrected chi connectivity index (χ3v) is 12.3. The summed E-state index contributed by atoms with van der Waals surface area (Å²) < 4.78 is 30.3. The van der Waals surface area contributed by atoms with Crippen molar-refractivity contribution in [2.45, 2.75) is 102 Å². The molecule has 37 heavy (non-hydrogen) atoms. The Labute approximate surface area is 224 Å². The minimum Gasteiger partial charge on any atom is -0.544 e. The molecule has 2 fully saturated rings. The molecule has 2 aliphatic rings. The van der Waals surface area contributed by atoms with Crippen LogP contribution in [0.25, 0.3) is 0 Å². The van der Waals surface area contributed by atoms with Gasteiger partial charge in [-0.25, -0.2) is 0 Å². The van der Waals surface area contributed by atoms with Gasteiger partial charge in [0.15, 0.2) is 6.29 Å². The summed E-state index contributed by atoms with van der Waals surface area (Å²) in [6.45, 7) is 13.5. The summed E-state index contributed by atoms with van der Waals surface area (Å²) in [5.41, 5.74) is 2.39. The molecule has 2 heterocycles. The van der Waals surface area contributed by atoms with Gasteiger partial charge >= 0.3 is 0 Å². The molecule has 3 unspecified atom stereocenters. The highest BCUT2D eigenvalue weighted by molar-refractivity contribution is 6.74. The summed E-state index contributed by atoms with van der Waals surface area (Å²) >= 11 is 0. The van der Waals surface area contributed by atoms with Crippen molar-refractivity contribution in [2.24, 2.45) is 0 Å². The number of aryl methyl sites for hydroxylation is 1. The maximum atomic E-state index is 6.39. The second kappa shape index (κ2) is 12.8. The number of ether oxygens (including phenoxy) is 4. The van der Waals surface area contributed by atoms with Gasteiger partial charge in [-0.05, 0) is 92.9 Å². The van der Waals surface area contributed by atoms with Gasteiger partial charge in [0.2, 0.25) is 8.32 Å². The highest BCUT2D eigenvalue weighted by Crippen LogP contribution is 2.38. The van der Waals surface area contributed by atoms with Crippen LogP contribution in [0.1, 0.15) is 76.7 Å². The Kier molecular flexibility index (Phi) is 9.73. The topological polar surface area (TPSA) is 46.2 Å². The first-order chi connectivity index (χ1) is 17.7. The predicted molar refractivity (Wildman–Crippen MR) is 151 cm³/mol. The minimum absolute atomic E-state index is 0.0983. The van der Waals surface area contributed by atoms with Crippen LogP contribution >= 0.6 is 0 Å². The van der Waals surface area contributed by atoms with E-state index in [2.05, 4.69) is 70.3 Å². The Balaban J connectivity index is 1.13. The van der Waals surface area contributed by atoms with Gasteiger partial charge in [0, 0.05) is 12.2 Å². The lowest BCUT2D eigenvalue weighted by atomic mass is 10.0. The Morgan fingerprint density at radius 1 is 0.865 bits per heavy atom. The highest BCUT2D eigenvalue weighted by Gasteiger charge is 2.39. The zero-order valence-corrected chi connectivity index (χ0v) is 24.5. The van der Waals surface area contributed by atoms with Crippen LogP contribution in [0.3, 0.4) is 0 Å². The third-order valence-electron chi connectivity index (χ3n) is 7.97. The fourth-order valence-electron chi connectivity index (χ4n) is 4.53. The van der Waals surface area contributed by atoms with Gasteiger partial charge in [-0.1, -0.05) is 45.0 Å². The standard InChI is InChI=1S/C31H46O5Si/c1-31(2,3)37(4,5)36-28-19-14-25(15-20-28)30-34-23-29(35-30)10-8-22-33-27-17-12-24(13-18-27)11-16-26-9-6-7-21-32-26/h12-15,17-20,26,29-30H,6-11,16,21-23H2,1-5H3. The van der Waals surface area contributed by atoms with Crippen LogP contribution in [0.2, 0.25) is 18.1 Å². The average molecular weight is 527 g/mol. The Hall–Kier alpha value is -1.86. The molecule has 204 valence electrons. The van der Waals surface area contributed by atoms with Gasteiger partial charge in [0.25, 0.3) is 0 Å². The SMILES string of the molecule is CC(C)(C)[Si](C)(C)Oc1ccc(C2OCC(CCCOc3ccc(CCC4CCCCO4)cc3)O2)cc1. The van der Waals surface area contributed by atoms with Crippen LogP contribution in [0, 0.1) is 0 Å². The summed E-state index contributed by atoms with van der Waals surface area (Å²) in [6.07, 6.45) is 7.98.